The third-order valence-electron chi connectivity index (χ3n) is 5.34. The van der Waals surface area contributed by atoms with E-state index >= 15 is 0 Å². The third-order valence-corrected chi connectivity index (χ3v) is 5.34. The van der Waals surface area contributed by atoms with Crippen LogP contribution in [0.4, 0.5) is 0 Å². The number of benzene rings is 1. The average molecular weight is 315 g/mol. The molecule has 0 spiro atoms. The molecule has 1 saturated carbocycles. The first kappa shape index (κ1) is 16.0. The molecule has 1 aromatic carbocycles. The van der Waals surface area contributed by atoms with E-state index in [1.165, 1.54) is 32.1 Å². The molecule has 0 radical (unpaired) electrons. The second-order valence-electron chi connectivity index (χ2n) is 6.91. The Balaban J connectivity index is 1.64. The topological polar surface area (TPSA) is 57.6 Å². The van der Waals surface area contributed by atoms with E-state index in [0.717, 1.165) is 17.5 Å². The zero-order valence-electron chi connectivity index (χ0n) is 13.5. The number of nitrogens with zero attached hydrogens (tertiary/aromatic N) is 1. The van der Waals surface area contributed by atoms with Crippen molar-refractivity contribution in [3.8, 4) is 0 Å². The number of amides is 1. The van der Waals surface area contributed by atoms with E-state index in [1.54, 1.807) is 4.90 Å². The van der Waals surface area contributed by atoms with Gasteiger partial charge >= 0.3 is 5.97 Å². The smallest absolute Gasteiger partial charge is 0.312 e. The van der Waals surface area contributed by atoms with Crippen LogP contribution in [0.1, 0.15) is 62.0 Å². The summed E-state index contributed by atoms with van der Waals surface area (Å²) in [6.45, 7) is 0.847. The van der Waals surface area contributed by atoms with Crippen molar-refractivity contribution in [1.82, 2.24) is 4.90 Å². The van der Waals surface area contributed by atoms with Crippen LogP contribution in [0.5, 0.6) is 0 Å². The fourth-order valence-electron chi connectivity index (χ4n) is 3.97. The molecule has 1 fully saturated rings. The Morgan fingerprint density at radius 1 is 1.13 bits per heavy atom. The number of carbonyl (C=O) groups is 2. The van der Waals surface area contributed by atoms with E-state index in [1.807, 2.05) is 24.3 Å². The summed E-state index contributed by atoms with van der Waals surface area (Å²) < 4.78 is 0. The largest absolute Gasteiger partial charge is 0.481 e. The summed E-state index contributed by atoms with van der Waals surface area (Å²) in [7, 11) is 0. The summed E-state index contributed by atoms with van der Waals surface area (Å²) in [4.78, 5) is 25.8. The van der Waals surface area contributed by atoms with Gasteiger partial charge in [0.2, 0.25) is 5.91 Å². The van der Waals surface area contributed by atoms with Crippen molar-refractivity contribution in [2.45, 2.75) is 57.4 Å². The first-order valence-corrected chi connectivity index (χ1v) is 8.73. The van der Waals surface area contributed by atoms with Gasteiger partial charge in [0.05, 0.1) is 5.92 Å². The molecule has 4 heteroatoms. The summed E-state index contributed by atoms with van der Waals surface area (Å²) in [6, 6.07) is 7.59. The monoisotopic (exact) mass is 315 g/mol. The second-order valence-corrected chi connectivity index (χ2v) is 6.91. The summed E-state index contributed by atoms with van der Waals surface area (Å²) >= 11 is 0. The number of carboxylic acid groups (broad SMARTS) is 1. The van der Waals surface area contributed by atoms with Gasteiger partial charge in [0, 0.05) is 19.5 Å². The Bertz CT molecular complexity index is 578. The van der Waals surface area contributed by atoms with Gasteiger partial charge in [-0.1, -0.05) is 56.4 Å². The van der Waals surface area contributed by atoms with E-state index in [4.69, 9.17) is 0 Å². The molecule has 0 aromatic heterocycles. The highest BCUT2D eigenvalue weighted by atomic mass is 16.4. The predicted octanol–water partition coefficient (Wildman–Crippen LogP) is 3.56. The van der Waals surface area contributed by atoms with E-state index in [2.05, 4.69) is 0 Å². The molecule has 1 N–H and O–H groups in total. The fraction of sp³-hybridized carbons (Fsp3) is 0.579. The van der Waals surface area contributed by atoms with Crippen molar-refractivity contribution in [2.24, 2.45) is 5.92 Å². The second kappa shape index (κ2) is 7.16. The molecule has 1 aliphatic heterocycles. The van der Waals surface area contributed by atoms with Gasteiger partial charge < -0.3 is 10.0 Å². The highest BCUT2D eigenvalue weighted by Crippen LogP contribution is 2.31. The minimum absolute atomic E-state index is 0.108. The van der Waals surface area contributed by atoms with Crippen molar-refractivity contribution < 1.29 is 14.7 Å². The zero-order chi connectivity index (χ0) is 16.2. The fourth-order valence-corrected chi connectivity index (χ4v) is 3.97. The van der Waals surface area contributed by atoms with Crippen LogP contribution in [0.25, 0.3) is 0 Å². The highest BCUT2D eigenvalue weighted by molar-refractivity contribution is 5.81. The molecular weight excluding hydrogens is 290 g/mol. The van der Waals surface area contributed by atoms with E-state index in [9.17, 15) is 14.7 Å². The lowest BCUT2D eigenvalue weighted by Gasteiger charge is -2.33. The number of rotatable bonds is 4. The van der Waals surface area contributed by atoms with Crippen LogP contribution in [0, 0.1) is 5.92 Å². The summed E-state index contributed by atoms with van der Waals surface area (Å²) in [5, 5.41) is 9.48. The van der Waals surface area contributed by atoms with Crippen LogP contribution in [0.3, 0.4) is 0 Å². The molecule has 1 aliphatic carbocycles. The molecular formula is C19H25NO3. The van der Waals surface area contributed by atoms with Crippen LogP contribution in [0.15, 0.2) is 24.3 Å². The maximum Gasteiger partial charge on any atom is 0.312 e. The van der Waals surface area contributed by atoms with Gasteiger partial charge in [-0.3, -0.25) is 9.59 Å². The Labute approximate surface area is 137 Å². The third kappa shape index (κ3) is 3.74. The van der Waals surface area contributed by atoms with Crippen molar-refractivity contribution in [1.29, 1.82) is 0 Å². The molecule has 1 aromatic rings. The predicted molar refractivity (Wildman–Crippen MR) is 88.0 cm³/mol. The van der Waals surface area contributed by atoms with Crippen molar-refractivity contribution in [3.63, 3.8) is 0 Å². The van der Waals surface area contributed by atoms with Gasteiger partial charge in [0.25, 0.3) is 0 Å². The maximum atomic E-state index is 12.6. The normalized spacial score (nSPS) is 21.7. The average Bonchev–Trinajstić information content (AvgIpc) is 2.59. The van der Waals surface area contributed by atoms with Gasteiger partial charge in [0.1, 0.15) is 0 Å². The first-order chi connectivity index (χ1) is 11.1. The number of hydrogen-bond donors (Lipinski definition) is 1. The quantitative estimate of drug-likeness (QED) is 0.924. The van der Waals surface area contributed by atoms with Crippen LogP contribution in [-0.4, -0.2) is 28.4 Å². The molecule has 1 unspecified atom stereocenters. The number of carboxylic acids is 1. The molecule has 1 atom stereocenters. The van der Waals surface area contributed by atoms with Crippen molar-refractivity contribution >= 4 is 11.9 Å². The maximum absolute atomic E-state index is 12.6. The molecule has 23 heavy (non-hydrogen) atoms. The molecule has 2 aliphatic rings. The van der Waals surface area contributed by atoms with E-state index < -0.39 is 11.9 Å². The minimum Gasteiger partial charge on any atom is -0.481 e. The van der Waals surface area contributed by atoms with Gasteiger partial charge in [-0.15, -0.1) is 0 Å². The highest BCUT2D eigenvalue weighted by Gasteiger charge is 2.32. The molecule has 0 bridgehead atoms. The molecule has 1 heterocycles. The van der Waals surface area contributed by atoms with Crippen LogP contribution >= 0.6 is 0 Å². The lowest BCUT2D eigenvalue weighted by atomic mass is 9.85. The lowest BCUT2D eigenvalue weighted by molar-refractivity contribution is -0.141. The Morgan fingerprint density at radius 2 is 1.87 bits per heavy atom. The SMILES string of the molecule is O=C(O)C1CN(C(=O)CCC2CCCCC2)Cc2ccccc21. The Morgan fingerprint density at radius 3 is 2.61 bits per heavy atom. The van der Waals surface area contributed by atoms with Crippen molar-refractivity contribution in [3.05, 3.63) is 35.4 Å². The van der Waals surface area contributed by atoms with Crippen molar-refractivity contribution in [2.75, 3.05) is 6.54 Å². The van der Waals surface area contributed by atoms with Gasteiger partial charge in [-0.2, -0.15) is 0 Å². The first-order valence-electron chi connectivity index (χ1n) is 8.73. The van der Waals surface area contributed by atoms with E-state index in [-0.39, 0.29) is 5.91 Å². The van der Waals surface area contributed by atoms with Gasteiger partial charge in [0.15, 0.2) is 0 Å². The number of carbonyl (C=O) groups excluding carboxylic acids is 1. The zero-order valence-corrected chi connectivity index (χ0v) is 13.5. The van der Waals surface area contributed by atoms with Gasteiger partial charge in [-0.25, -0.2) is 0 Å². The minimum atomic E-state index is -0.845. The Kier molecular flexibility index (Phi) is 4.99. The molecule has 124 valence electrons. The summed E-state index contributed by atoms with van der Waals surface area (Å²) in [6.07, 6.45) is 7.90. The number of fused-ring (bicyclic) bond motifs is 1. The Hall–Kier alpha value is -1.84. The molecule has 3 rings (SSSR count). The van der Waals surface area contributed by atoms with Crippen LogP contribution < -0.4 is 0 Å². The summed E-state index contributed by atoms with van der Waals surface area (Å²) in [5.74, 6) is -0.655. The van der Waals surface area contributed by atoms with Gasteiger partial charge in [-0.05, 0) is 23.5 Å². The molecule has 1 amide bonds. The molecule has 4 nitrogen and oxygen atoms in total. The van der Waals surface area contributed by atoms with Crippen LogP contribution in [0.2, 0.25) is 0 Å². The number of hydrogen-bond acceptors (Lipinski definition) is 2. The summed E-state index contributed by atoms with van der Waals surface area (Å²) in [5.41, 5.74) is 1.83. The lowest BCUT2D eigenvalue weighted by Crippen LogP contribution is -2.40. The molecule has 0 saturated heterocycles. The van der Waals surface area contributed by atoms with Crippen LogP contribution in [-0.2, 0) is 16.1 Å². The number of aliphatic carboxylic acids is 1. The van der Waals surface area contributed by atoms with E-state index in [0.29, 0.717) is 25.4 Å². The standard InChI is InChI=1S/C19H25NO3/c21-18(11-10-14-6-2-1-3-7-14)20-12-15-8-4-5-9-16(15)17(13-20)19(22)23/h4-5,8-9,14,17H,1-3,6-7,10-13H2,(H,22,23).